The van der Waals surface area contributed by atoms with E-state index in [9.17, 15) is 9.18 Å². The molecule has 21 heavy (non-hydrogen) atoms. The molecule has 0 radical (unpaired) electrons. The second kappa shape index (κ2) is 6.16. The molecule has 0 atom stereocenters. The van der Waals surface area contributed by atoms with Gasteiger partial charge in [0.25, 0.3) is 0 Å². The predicted molar refractivity (Wildman–Crippen MR) is 87.4 cm³/mol. The van der Waals surface area contributed by atoms with Gasteiger partial charge in [0, 0.05) is 20.2 Å². The molecule has 104 valence electrons. The lowest BCUT2D eigenvalue weighted by Crippen LogP contribution is -1.93. The minimum atomic E-state index is -0.339. The summed E-state index contributed by atoms with van der Waals surface area (Å²) in [7, 11) is 0. The number of ketones is 1. The van der Waals surface area contributed by atoms with E-state index in [1.807, 2.05) is 17.5 Å². The van der Waals surface area contributed by atoms with E-state index >= 15 is 0 Å². The van der Waals surface area contributed by atoms with Crippen LogP contribution in [0.1, 0.15) is 15.2 Å². The average molecular weight is 314 g/mol. The topological polar surface area (TPSA) is 17.1 Å². The largest absolute Gasteiger partial charge is 0.289 e. The molecule has 0 saturated carbocycles. The van der Waals surface area contributed by atoms with Gasteiger partial charge in [0.1, 0.15) is 5.82 Å². The predicted octanol–water partition coefficient (Wildman–Crippen LogP) is 5.51. The molecule has 0 saturated heterocycles. The molecule has 0 N–H and O–H groups in total. The third-order valence-corrected chi connectivity index (χ3v) is 5.03. The van der Waals surface area contributed by atoms with Gasteiger partial charge < -0.3 is 0 Å². The van der Waals surface area contributed by atoms with Crippen LogP contribution in [0.15, 0.2) is 60.0 Å². The molecule has 0 spiro atoms. The molecular formula is C17H11FOS2. The zero-order chi connectivity index (χ0) is 14.7. The number of hydrogen-bond donors (Lipinski definition) is 0. The summed E-state index contributed by atoms with van der Waals surface area (Å²) in [6.07, 6.45) is 3.32. The molecule has 1 aromatic carbocycles. The van der Waals surface area contributed by atoms with Crippen LogP contribution in [0.4, 0.5) is 4.39 Å². The summed E-state index contributed by atoms with van der Waals surface area (Å²) >= 11 is 3.34. The van der Waals surface area contributed by atoms with Gasteiger partial charge in [0.15, 0.2) is 5.78 Å². The smallest absolute Gasteiger partial charge is 0.185 e. The zero-order valence-electron chi connectivity index (χ0n) is 11.0. The first-order chi connectivity index (χ1) is 10.2. The van der Waals surface area contributed by atoms with E-state index in [4.69, 9.17) is 0 Å². The Bertz CT molecular complexity index is 767. The fourth-order valence-electron chi connectivity index (χ4n) is 1.86. The second-order valence-corrected chi connectivity index (χ2v) is 6.45. The maximum Gasteiger partial charge on any atom is 0.185 e. The first-order valence-corrected chi connectivity index (χ1v) is 8.04. The van der Waals surface area contributed by atoms with Crippen molar-refractivity contribution in [1.82, 2.24) is 0 Å². The first kappa shape index (κ1) is 13.9. The zero-order valence-corrected chi connectivity index (χ0v) is 12.6. The molecule has 0 aliphatic heterocycles. The minimum absolute atomic E-state index is 0.124. The third kappa shape index (κ3) is 3.35. The van der Waals surface area contributed by atoms with Crippen molar-refractivity contribution in [3.05, 3.63) is 76.2 Å². The maximum atomic E-state index is 12.8. The Morgan fingerprint density at radius 3 is 2.52 bits per heavy atom. The van der Waals surface area contributed by atoms with Crippen LogP contribution in [0, 0.1) is 5.82 Å². The van der Waals surface area contributed by atoms with Crippen LogP contribution in [0.2, 0.25) is 0 Å². The van der Waals surface area contributed by atoms with Crippen molar-refractivity contribution in [2.75, 3.05) is 0 Å². The highest BCUT2D eigenvalue weighted by molar-refractivity contribution is 7.21. The van der Waals surface area contributed by atoms with Crippen LogP contribution < -0.4 is 0 Å². The van der Waals surface area contributed by atoms with Crippen molar-refractivity contribution < 1.29 is 9.18 Å². The van der Waals surface area contributed by atoms with Crippen molar-refractivity contribution >= 4 is 34.5 Å². The summed E-state index contributed by atoms with van der Waals surface area (Å²) in [6, 6.07) is 13.7. The number of halogens is 1. The summed E-state index contributed by atoms with van der Waals surface area (Å²) in [6.45, 7) is 0. The van der Waals surface area contributed by atoms with Gasteiger partial charge in [-0.2, -0.15) is 0 Å². The van der Waals surface area contributed by atoms with Crippen molar-refractivity contribution in [1.29, 1.82) is 0 Å². The van der Waals surface area contributed by atoms with Crippen LogP contribution in [0.5, 0.6) is 0 Å². The van der Waals surface area contributed by atoms with E-state index in [2.05, 4.69) is 12.1 Å². The quantitative estimate of drug-likeness (QED) is 0.458. The number of thiophene rings is 2. The molecular weight excluding hydrogens is 303 g/mol. The fourth-order valence-corrected chi connectivity index (χ4v) is 3.61. The van der Waals surface area contributed by atoms with E-state index in [0.29, 0.717) is 5.56 Å². The summed E-state index contributed by atoms with van der Waals surface area (Å²) in [5.74, 6) is -0.463. The van der Waals surface area contributed by atoms with Crippen LogP contribution in [0.25, 0.3) is 15.8 Å². The number of rotatable bonds is 4. The van der Waals surface area contributed by atoms with Gasteiger partial charge in [-0.25, -0.2) is 4.39 Å². The summed E-state index contributed by atoms with van der Waals surface area (Å²) < 4.78 is 12.8. The lowest BCUT2D eigenvalue weighted by Gasteiger charge is -1.94. The number of carbonyl (C=O) groups excluding carboxylic acids is 1. The van der Waals surface area contributed by atoms with E-state index in [0.717, 1.165) is 4.88 Å². The van der Waals surface area contributed by atoms with E-state index in [1.165, 1.54) is 40.1 Å². The Balaban J connectivity index is 1.74. The lowest BCUT2D eigenvalue weighted by molar-refractivity contribution is 0.104. The molecule has 2 aromatic heterocycles. The highest BCUT2D eigenvalue weighted by Gasteiger charge is 2.04. The Kier molecular flexibility index (Phi) is 4.08. The SMILES string of the molecule is O=C(C=Cc1ccc(-c2cccs2)s1)c1ccc(F)cc1. The van der Waals surface area contributed by atoms with Gasteiger partial charge in [0.2, 0.25) is 0 Å². The second-order valence-electron chi connectivity index (χ2n) is 4.38. The van der Waals surface area contributed by atoms with E-state index in [1.54, 1.807) is 28.7 Å². The molecule has 0 aliphatic rings. The lowest BCUT2D eigenvalue weighted by atomic mass is 10.1. The molecule has 0 fully saturated rings. The van der Waals surface area contributed by atoms with Crippen molar-refractivity contribution in [2.24, 2.45) is 0 Å². The first-order valence-electron chi connectivity index (χ1n) is 6.34. The molecule has 0 unspecified atom stereocenters. The van der Waals surface area contributed by atoms with Crippen LogP contribution in [-0.2, 0) is 0 Å². The summed E-state index contributed by atoms with van der Waals surface area (Å²) in [5.41, 5.74) is 0.489. The van der Waals surface area contributed by atoms with Crippen molar-refractivity contribution in [3.63, 3.8) is 0 Å². The highest BCUT2D eigenvalue weighted by Crippen LogP contribution is 2.31. The third-order valence-electron chi connectivity index (χ3n) is 2.92. The molecule has 0 aliphatic carbocycles. The number of allylic oxidation sites excluding steroid dienone is 1. The normalized spacial score (nSPS) is 11.1. The standard InChI is InChI=1S/C17H11FOS2/c18-13-5-3-12(4-6-13)15(19)9-7-14-8-10-17(21-14)16-2-1-11-20-16/h1-11H. The minimum Gasteiger partial charge on any atom is -0.289 e. The van der Waals surface area contributed by atoms with Gasteiger partial charge in [-0.15, -0.1) is 22.7 Å². The molecule has 1 nitrogen and oxygen atoms in total. The average Bonchev–Trinajstić information content (AvgIpc) is 3.16. The van der Waals surface area contributed by atoms with Gasteiger partial charge in [-0.3, -0.25) is 4.79 Å². The number of benzene rings is 1. The molecule has 3 rings (SSSR count). The van der Waals surface area contributed by atoms with Crippen molar-refractivity contribution in [2.45, 2.75) is 0 Å². The molecule has 3 aromatic rings. The van der Waals surface area contributed by atoms with E-state index < -0.39 is 0 Å². The molecule has 0 bridgehead atoms. The molecule has 0 amide bonds. The number of hydrogen-bond acceptors (Lipinski definition) is 3. The number of carbonyl (C=O) groups is 1. The Morgan fingerprint density at radius 2 is 1.81 bits per heavy atom. The summed E-state index contributed by atoms with van der Waals surface area (Å²) in [5, 5.41) is 2.04. The Morgan fingerprint density at radius 1 is 1.00 bits per heavy atom. The molecule has 4 heteroatoms. The Hall–Kier alpha value is -2.04. The van der Waals surface area contributed by atoms with Crippen LogP contribution in [0.3, 0.4) is 0 Å². The maximum absolute atomic E-state index is 12.8. The van der Waals surface area contributed by atoms with Gasteiger partial charge >= 0.3 is 0 Å². The van der Waals surface area contributed by atoms with Gasteiger partial charge in [-0.05, 0) is 60.0 Å². The highest BCUT2D eigenvalue weighted by atomic mass is 32.1. The van der Waals surface area contributed by atoms with Crippen LogP contribution in [-0.4, -0.2) is 5.78 Å². The Labute approximate surface area is 130 Å². The van der Waals surface area contributed by atoms with Gasteiger partial charge in [0.05, 0.1) is 0 Å². The van der Waals surface area contributed by atoms with Crippen LogP contribution >= 0.6 is 22.7 Å². The van der Waals surface area contributed by atoms with E-state index in [-0.39, 0.29) is 11.6 Å². The van der Waals surface area contributed by atoms with Gasteiger partial charge in [-0.1, -0.05) is 6.07 Å². The summed E-state index contributed by atoms with van der Waals surface area (Å²) in [4.78, 5) is 15.4. The fraction of sp³-hybridized carbons (Fsp3) is 0. The van der Waals surface area contributed by atoms with Crippen molar-refractivity contribution in [3.8, 4) is 9.75 Å². The molecule has 2 heterocycles. The monoisotopic (exact) mass is 314 g/mol.